The minimum Gasteiger partial charge on any atom is -0.456 e. The summed E-state index contributed by atoms with van der Waals surface area (Å²) in [6.07, 6.45) is 2.90. The van der Waals surface area contributed by atoms with E-state index in [9.17, 15) is 4.39 Å². The largest absolute Gasteiger partial charge is 0.456 e. The number of rotatable bonds is 12. The lowest BCUT2D eigenvalue weighted by Gasteiger charge is -2.29. The maximum atomic E-state index is 13.9. The number of para-hydroxylation sites is 3. The van der Waals surface area contributed by atoms with Crippen LogP contribution in [0.4, 0.5) is 4.39 Å². The molecule has 135 heavy (non-hydrogen) atoms. The molecule has 12 heteroatoms. The van der Waals surface area contributed by atoms with E-state index in [4.69, 9.17) is 48.1 Å². The van der Waals surface area contributed by atoms with E-state index in [1.807, 2.05) is 78.9 Å². The Morgan fingerprint density at radius 3 is 1.31 bits per heavy atom. The van der Waals surface area contributed by atoms with Crippen molar-refractivity contribution < 1.29 is 17.6 Å². The second-order valence-electron chi connectivity index (χ2n) is 36.4. The number of hydrogen-bond donors (Lipinski definition) is 0. The predicted molar refractivity (Wildman–Crippen MR) is 552 cm³/mol. The minimum absolute atomic E-state index is 0.132. The first-order valence-corrected chi connectivity index (χ1v) is 47.2. The van der Waals surface area contributed by atoms with Gasteiger partial charge in [0, 0.05) is 103 Å². The lowest BCUT2D eigenvalue weighted by molar-refractivity contribution is 0.490. The zero-order valence-corrected chi connectivity index (χ0v) is 75.9. The number of nitrogens with zero attached hydrogens (tertiary/aromatic N) is 7. The van der Waals surface area contributed by atoms with Crippen LogP contribution < -0.4 is 0 Å². The maximum Gasteiger partial charge on any atom is 0.164 e. The van der Waals surface area contributed by atoms with Crippen molar-refractivity contribution in [3.8, 4) is 135 Å². The molecule has 10 nitrogen and oxygen atoms in total. The Kier molecular flexibility index (Phi) is 19.0. The normalized spacial score (nSPS) is 14.1. The Bertz CT molecular complexity index is 8880. The molecule has 0 saturated carbocycles. The molecule has 0 saturated heterocycles. The lowest BCUT2D eigenvalue weighted by atomic mass is 9.73. The van der Waals surface area contributed by atoms with Gasteiger partial charge in [-0.05, 0) is 193 Å². The van der Waals surface area contributed by atoms with Crippen LogP contribution in [0.1, 0.15) is 94.2 Å². The van der Waals surface area contributed by atoms with Crippen molar-refractivity contribution in [2.24, 2.45) is 0 Å². The van der Waals surface area contributed by atoms with Gasteiger partial charge in [0.1, 0.15) is 39.3 Å². The number of benzene rings is 17. The average molecular weight is 1760 g/mol. The Labute approximate surface area is 782 Å². The van der Waals surface area contributed by atoms with Gasteiger partial charge in [-0.2, -0.15) is 0 Å². The minimum atomic E-state index is -0.300. The van der Waals surface area contributed by atoms with Crippen molar-refractivity contribution in [3.63, 3.8) is 0 Å². The molecule has 17 aromatic carbocycles. The van der Waals surface area contributed by atoms with Crippen molar-refractivity contribution in [1.29, 1.82) is 0 Å². The summed E-state index contributed by atoms with van der Waals surface area (Å²) in [6.45, 7) is 13.9. The quantitative estimate of drug-likeness (QED) is 0.117. The highest BCUT2D eigenvalue weighted by atomic mass is 32.1. The summed E-state index contributed by atoms with van der Waals surface area (Å²) in [5.41, 5.74) is 34.9. The lowest BCUT2D eigenvalue weighted by Crippen LogP contribution is -2.23. The Balaban J connectivity index is 0.000000109. The summed E-state index contributed by atoms with van der Waals surface area (Å²) in [6, 6.07) is 130. The van der Waals surface area contributed by atoms with E-state index in [1.165, 1.54) is 122 Å². The third-order valence-corrected chi connectivity index (χ3v) is 30.0. The highest BCUT2D eigenvalue weighted by Gasteiger charge is 2.45. The molecular formula is C123H86FN7O3S. The third-order valence-electron chi connectivity index (χ3n) is 28.9. The van der Waals surface area contributed by atoms with Crippen molar-refractivity contribution in [2.75, 3.05) is 0 Å². The average Bonchev–Trinajstić information content (AvgIpc) is 1.54. The second kappa shape index (κ2) is 31.8. The first-order valence-electron chi connectivity index (χ1n) is 46.4. The maximum absolute atomic E-state index is 13.9. The van der Waals surface area contributed by atoms with Gasteiger partial charge >= 0.3 is 0 Å². The van der Waals surface area contributed by atoms with Crippen molar-refractivity contribution in [1.82, 2.24) is 34.9 Å². The molecule has 0 fully saturated rings. The van der Waals surface area contributed by atoms with Crippen LogP contribution in [0.25, 0.3) is 232 Å². The molecule has 27 rings (SSSR count). The Morgan fingerprint density at radius 2 is 0.711 bits per heavy atom. The second-order valence-corrected chi connectivity index (χ2v) is 37.4. The third kappa shape index (κ3) is 13.0. The van der Waals surface area contributed by atoms with Crippen molar-refractivity contribution >= 4 is 108 Å². The molecule has 24 aromatic rings. The van der Waals surface area contributed by atoms with Crippen molar-refractivity contribution in [3.05, 3.63) is 415 Å². The molecule has 0 N–H and O–H groups in total. The number of hydrogen-bond acceptors (Lipinski definition) is 11. The van der Waals surface area contributed by atoms with Crippen LogP contribution in [0.3, 0.4) is 0 Å². The molecule has 0 radical (unpaired) electrons. The molecule has 0 aliphatic heterocycles. The van der Waals surface area contributed by atoms with Gasteiger partial charge < -0.3 is 13.3 Å². The van der Waals surface area contributed by atoms with E-state index in [0.717, 1.165) is 158 Å². The smallest absolute Gasteiger partial charge is 0.164 e. The molecule has 0 amide bonds. The Morgan fingerprint density at radius 1 is 0.281 bits per heavy atom. The first-order chi connectivity index (χ1) is 66.3. The fraction of sp³-hybridized carbons (Fsp3) is 0.0976. The zero-order valence-electron chi connectivity index (χ0n) is 75.1. The highest BCUT2D eigenvalue weighted by Crippen LogP contribution is 2.60. The van der Waals surface area contributed by atoms with E-state index in [-0.39, 0.29) is 22.1 Å². The van der Waals surface area contributed by atoms with Crippen molar-refractivity contribution in [2.45, 2.75) is 77.0 Å². The van der Waals surface area contributed by atoms with E-state index < -0.39 is 0 Å². The number of aromatic nitrogens is 7. The molecular weight excluding hydrogens is 1670 g/mol. The molecule has 644 valence electrons. The molecule has 1 atom stereocenters. The van der Waals surface area contributed by atoms with Gasteiger partial charge in [0.2, 0.25) is 0 Å². The first kappa shape index (κ1) is 80.8. The van der Waals surface area contributed by atoms with Gasteiger partial charge in [0.15, 0.2) is 29.1 Å². The predicted octanol–water partition coefficient (Wildman–Crippen LogP) is 33.3. The molecule has 0 spiro atoms. The van der Waals surface area contributed by atoms with Crippen LogP contribution in [-0.4, -0.2) is 34.9 Å². The summed E-state index contributed by atoms with van der Waals surface area (Å²) in [5, 5.41) is 10.4. The van der Waals surface area contributed by atoms with E-state index in [0.29, 0.717) is 17.5 Å². The fourth-order valence-electron chi connectivity index (χ4n) is 22.0. The van der Waals surface area contributed by atoms with Crippen LogP contribution in [-0.2, 0) is 16.2 Å². The monoisotopic (exact) mass is 1760 g/mol. The highest BCUT2D eigenvalue weighted by molar-refractivity contribution is 7.26. The molecule has 7 aromatic heterocycles. The standard InChI is InChI=1S/C44H30N2OS.C42H30FN3O.C37H26N2O/c1-3-44(2)33-24-25-35-38(30-14-7-9-18-34(30)47-35)37(33)32-17-11-16-29(39(32)44)26-20-22-27(23-21-26)40-42-41(31-15-8-10-19-36(31)48-42)46-43(45-40)28-12-5-4-6-13-28;1-3-42(4-2)33-22-23-36-38(32-13-7-8-15-35(32)47-36)37(33)31-21-18-27(24-34(31)42)40-44-39(26-16-19-28(43)20-17-26)45-41(46-40)30-14-9-11-25-10-5-6-12-29(25)30;1-37(2)28-19-20-33-35(27-15-9-10-16-32(27)40-33)34(28)26-18-17-25(21-29(26)37)36-38-30(23-11-5-3-6-12-23)22-31(39-36)24-13-7-4-8-14-24/h4-25H,3H2,1-2H3;5-24H,3-4H2,1-2H3;3-22H,1-2H3. The molecule has 3 aliphatic rings. The van der Waals surface area contributed by atoms with Gasteiger partial charge in [0.25, 0.3) is 0 Å². The van der Waals surface area contributed by atoms with E-state index in [1.54, 1.807) is 23.5 Å². The number of thiophene rings is 1. The fourth-order valence-corrected chi connectivity index (χ4v) is 23.1. The number of fused-ring (bicyclic) bond motifs is 25. The summed E-state index contributed by atoms with van der Waals surface area (Å²) in [5.74, 6) is 2.85. The molecule has 0 bridgehead atoms. The van der Waals surface area contributed by atoms with E-state index >= 15 is 0 Å². The SMILES string of the molecule is CC1(C)c2cc(-c3nc(-c4ccccc4)cc(-c4ccccc4)n3)ccc2-c2c1ccc1oc3ccccc3c21.CCC1(C)c2ccc3oc4ccccc4c3c2-c2cccc(-c3ccc(-c4nc(-c5ccccc5)nc5c4sc4ccccc45)cc3)c21.CCC1(CC)c2cc(-c3nc(-c4ccc(F)cc4)nc(-c4cccc5ccccc45)n3)ccc2-c2c1ccc1oc3ccccc3c21. The van der Waals surface area contributed by atoms with Gasteiger partial charge in [-0.1, -0.05) is 333 Å². The van der Waals surface area contributed by atoms with Crippen LogP contribution in [0.5, 0.6) is 0 Å². The molecule has 1 unspecified atom stereocenters. The van der Waals surface area contributed by atoms with Crippen LogP contribution in [0, 0.1) is 5.82 Å². The topological polar surface area (TPSA) is 130 Å². The summed E-state index contributed by atoms with van der Waals surface area (Å²) >= 11 is 1.77. The summed E-state index contributed by atoms with van der Waals surface area (Å²) in [4.78, 5) is 35.5. The molecule has 3 aliphatic carbocycles. The Hall–Kier alpha value is -16.3. The zero-order chi connectivity index (χ0) is 90.5. The number of halogens is 1. The summed E-state index contributed by atoms with van der Waals surface area (Å²) < 4.78 is 35.2. The van der Waals surface area contributed by atoms with Gasteiger partial charge in [-0.25, -0.2) is 39.3 Å². The number of furan rings is 3. The van der Waals surface area contributed by atoms with Gasteiger partial charge in [-0.3, -0.25) is 0 Å². The van der Waals surface area contributed by atoms with Gasteiger partial charge in [0.05, 0.1) is 27.3 Å². The molecule has 7 heterocycles. The van der Waals surface area contributed by atoms with Crippen LogP contribution >= 0.6 is 11.3 Å². The van der Waals surface area contributed by atoms with Gasteiger partial charge in [-0.15, -0.1) is 11.3 Å². The van der Waals surface area contributed by atoms with Crippen LogP contribution in [0.2, 0.25) is 0 Å². The summed E-state index contributed by atoms with van der Waals surface area (Å²) in [7, 11) is 0. The van der Waals surface area contributed by atoms with E-state index in [2.05, 4.69) is 315 Å². The van der Waals surface area contributed by atoms with Crippen LogP contribution in [0.15, 0.2) is 389 Å².